The van der Waals surface area contributed by atoms with Crippen molar-refractivity contribution in [3.8, 4) is 17.2 Å². The molecule has 4 nitrogen and oxygen atoms in total. The third-order valence-electron chi connectivity index (χ3n) is 3.74. The highest BCUT2D eigenvalue weighted by atomic mass is 16.5. The van der Waals surface area contributed by atoms with Crippen molar-refractivity contribution in [2.24, 2.45) is 0 Å². The molecule has 0 amide bonds. The minimum atomic E-state index is 0.244. The van der Waals surface area contributed by atoms with E-state index in [0.717, 1.165) is 43.2 Å². The number of ether oxygens (including phenoxy) is 3. The van der Waals surface area contributed by atoms with Gasteiger partial charge in [-0.3, -0.25) is 0 Å². The number of hydrogen-bond acceptors (Lipinski definition) is 4. The predicted molar refractivity (Wildman–Crippen MR) is 79.9 cm³/mol. The van der Waals surface area contributed by atoms with Crippen LogP contribution in [-0.4, -0.2) is 44.9 Å². The van der Waals surface area contributed by atoms with Gasteiger partial charge in [0.1, 0.15) is 6.10 Å². The predicted octanol–water partition coefficient (Wildman–Crippen LogP) is 2.96. The van der Waals surface area contributed by atoms with Crippen molar-refractivity contribution in [3.05, 3.63) is 18.2 Å². The Morgan fingerprint density at radius 2 is 1.70 bits per heavy atom. The molecule has 0 radical (unpaired) electrons. The van der Waals surface area contributed by atoms with Crippen LogP contribution in [0, 0.1) is 0 Å². The maximum atomic E-state index is 6.15. The summed E-state index contributed by atoms with van der Waals surface area (Å²) in [7, 11) is 3.32. The van der Waals surface area contributed by atoms with Gasteiger partial charge in [-0.25, -0.2) is 0 Å². The molecule has 1 aliphatic rings. The molecule has 0 aromatic heterocycles. The molecule has 1 fully saturated rings. The number of para-hydroxylation sites is 1. The van der Waals surface area contributed by atoms with E-state index in [9.17, 15) is 0 Å². The van der Waals surface area contributed by atoms with E-state index in [0.29, 0.717) is 0 Å². The van der Waals surface area contributed by atoms with Gasteiger partial charge in [-0.15, -0.1) is 0 Å². The van der Waals surface area contributed by atoms with Crippen LogP contribution in [0.25, 0.3) is 0 Å². The number of rotatable bonds is 6. The maximum Gasteiger partial charge on any atom is 0.203 e. The molecule has 0 atom stereocenters. The third-order valence-corrected chi connectivity index (χ3v) is 3.74. The average molecular weight is 279 g/mol. The number of hydrogen-bond donors (Lipinski definition) is 0. The molecule has 0 N–H and O–H groups in total. The highest BCUT2D eigenvalue weighted by Crippen LogP contribution is 2.38. The third kappa shape index (κ3) is 3.57. The van der Waals surface area contributed by atoms with Gasteiger partial charge in [-0.2, -0.15) is 0 Å². The lowest BCUT2D eigenvalue weighted by Gasteiger charge is -2.32. The van der Waals surface area contributed by atoms with Gasteiger partial charge in [0.15, 0.2) is 11.5 Å². The van der Waals surface area contributed by atoms with Crippen LogP contribution in [0.1, 0.15) is 26.2 Å². The number of nitrogens with zero attached hydrogens (tertiary/aromatic N) is 1. The first kappa shape index (κ1) is 15.0. The van der Waals surface area contributed by atoms with Crippen molar-refractivity contribution in [3.63, 3.8) is 0 Å². The molecule has 0 bridgehead atoms. The summed E-state index contributed by atoms with van der Waals surface area (Å²) >= 11 is 0. The van der Waals surface area contributed by atoms with Crippen molar-refractivity contribution in [2.75, 3.05) is 33.9 Å². The zero-order valence-corrected chi connectivity index (χ0v) is 12.7. The molecule has 20 heavy (non-hydrogen) atoms. The molecular weight excluding hydrogens is 254 g/mol. The van der Waals surface area contributed by atoms with Crippen molar-refractivity contribution in [1.82, 2.24) is 4.90 Å². The zero-order chi connectivity index (χ0) is 14.4. The zero-order valence-electron chi connectivity index (χ0n) is 12.7. The van der Waals surface area contributed by atoms with Crippen molar-refractivity contribution in [2.45, 2.75) is 32.3 Å². The molecule has 4 heteroatoms. The van der Waals surface area contributed by atoms with Crippen molar-refractivity contribution >= 4 is 0 Å². The lowest BCUT2D eigenvalue weighted by Crippen LogP contribution is -2.38. The highest BCUT2D eigenvalue weighted by molar-refractivity contribution is 5.51. The van der Waals surface area contributed by atoms with E-state index in [4.69, 9.17) is 14.2 Å². The van der Waals surface area contributed by atoms with Gasteiger partial charge in [0, 0.05) is 13.1 Å². The van der Waals surface area contributed by atoms with Gasteiger partial charge in [0.05, 0.1) is 14.2 Å². The van der Waals surface area contributed by atoms with Crippen LogP contribution in [0.4, 0.5) is 0 Å². The van der Waals surface area contributed by atoms with Crippen LogP contribution >= 0.6 is 0 Å². The van der Waals surface area contributed by atoms with Gasteiger partial charge >= 0.3 is 0 Å². The number of piperidine rings is 1. The first-order chi connectivity index (χ1) is 9.78. The molecule has 1 saturated heterocycles. The van der Waals surface area contributed by atoms with E-state index >= 15 is 0 Å². The molecule has 0 spiro atoms. The Kier molecular flexibility index (Phi) is 5.53. The Morgan fingerprint density at radius 3 is 2.20 bits per heavy atom. The highest BCUT2D eigenvalue weighted by Gasteiger charge is 2.22. The quantitative estimate of drug-likeness (QED) is 0.801. The molecule has 112 valence electrons. The van der Waals surface area contributed by atoms with Gasteiger partial charge in [0.2, 0.25) is 5.75 Å². The van der Waals surface area contributed by atoms with Crippen LogP contribution in [0.15, 0.2) is 18.2 Å². The number of methoxy groups -OCH3 is 2. The standard InChI is InChI=1S/C16H25NO3/c1-4-10-17-11-8-13(9-12-17)20-16-14(18-2)6-5-7-15(16)19-3/h5-7,13H,4,8-12H2,1-3H3. The normalized spacial score (nSPS) is 16.9. The minimum Gasteiger partial charge on any atom is -0.493 e. The Bertz CT molecular complexity index is 392. The summed E-state index contributed by atoms with van der Waals surface area (Å²) in [6.07, 6.45) is 3.57. The first-order valence-corrected chi connectivity index (χ1v) is 7.38. The van der Waals surface area contributed by atoms with Crippen LogP contribution in [0.2, 0.25) is 0 Å². The fourth-order valence-electron chi connectivity index (χ4n) is 2.67. The number of likely N-dealkylation sites (tertiary alicyclic amines) is 1. The Balaban J connectivity index is 2.00. The Hall–Kier alpha value is -1.42. The summed E-state index contributed by atoms with van der Waals surface area (Å²) in [5, 5.41) is 0. The van der Waals surface area contributed by atoms with E-state index in [1.165, 1.54) is 13.0 Å². The SMILES string of the molecule is CCCN1CCC(Oc2c(OC)cccc2OC)CC1. The summed E-state index contributed by atoms with van der Waals surface area (Å²) in [4.78, 5) is 2.50. The van der Waals surface area contributed by atoms with Gasteiger partial charge in [-0.1, -0.05) is 13.0 Å². The first-order valence-electron chi connectivity index (χ1n) is 7.38. The molecule has 0 unspecified atom stereocenters. The van der Waals surface area contributed by atoms with E-state index in [1.54, 1.807) is 14.2 Å². The summed E-state index contributed by atoms with van der Waals surface area (Å²) < 4.78 is 16.9. The maximum absolute atomic E-state index is 6.15. The van der Waals surface area contributed by atoms with Gasteiger partial charge < -0.3 is 19.1 Å². The molecule has 1 aromatic carbocycles. The fraction of sp³-hybridized carbons (Fsp3) is 0.625. The summed E-state index contributed by atoms with van der Waals surface area (Å²) in [6.45, 7) is 5.62. The largest absolute Gasteiger partial charge is 0.493 e. The smallest absolute Gasteiger partial charge is 0.203 e. The molecule has 1 aromatic rings. The monoisotopic (exact) mass is 279 g/mol. The lowest BCUT2D eigenvalue weighted by molar-refractivity contribution is 0.0953. The molecule has 0 saturated carbocycles. The molecule has 2 rings (SSSR count). The van der Waals surface area contributed by atoms with Gasteiger partial charge in [0.25, 0.3) is 0 Å². The Morgan fingerprint density at radius 1 is 1.10 bits per heavy atom. The summed E-state index contributed by atoms with van der Waals surface area (Å²) in [6, 6.07) is 5.72. The second-order valence-electron chi connectivity index (χ2n) is 5.15. The molecule has 1 heterocycles. The van der Waals surface area contributed by atoms with Crippen LogP contribution in [0.5, 0.6) is 17.2 Å². The van der Waals surface area contributed by atoms with E-state index in [1.807, 2.05) is 18.2 Å². The van der Waals surface area contributed by atoms with Crippen LogP contribution in [-0.2, 0) is 0 Å². The van der Waals surface area contributed by atoms with E-state index in [-0.39, 0.29) is 6.10 Å². The second-order valence-corrected chi connectivity index (χ2v) is 5.15. The van der Waals surface area contributed by atoms with Crippen molar-refractivity contribution < 1.29 is 14.2 Å². The molecule has 1 aliphatic heterocycles. The Labute approximate surface area is 121 Å². The minimum absolute atomic E-state index is 0.244. The molecular formula is C16H25NO3. The van der Waals surface area contributed by atoms with E-state index in [2.05, 4.69) is 11.8 Å². The second kappa shape index (κ2) is 7.39. The van der Waals surface area contributed by atoms with Crippen LogP contribution in [0.3, 0.4) is 0 Å². The summed E-state index contributed by atoms with van der Waals surface area (Å²) in [5.41, 5.74) is 0. The van der Waals surface area contributed by atoms with Crippen molar-refractivity contribution in [1.29, 1.82) is 0 Å². The molecule has 0 aliphatic carbocycles. The van der Waals surface area contributed by atoms with Crippen LogP contribution < -0.4 is 14.2 Å². The fourth-order valence-corrected chi connectivity index (χ4v) is 2.67. The van der Waals surface area contributed by atoms with Gasteiger partial charge in [-0.05, 0) is 37.9 Å². The lowest BCUT2D eigenvalue weighted by atomic mass is 10.1. The van der Waals surface area contributed by atoms with E-state index < -0.39 is 0 Å². The summed E-state index contributed by atoms with van der Waals surface area (Å²) in [5.74, 6) is 2.20. The number of benzene rings is 1. The average Bonchev–Trinajstić information content (AvgIpc) is 2.49. The topological polar surface area (TPSA) is 30.9 Å².